The number of carbonyl (C=O) groups is 1. The van der Waals surface area contributed by atoms with Gasteiger partial charge in [-0.05, 0) is 29.1 Å². The predicted molar refractivity (Wildman–Crippen MR) is 100 cm³/mol. The molecule has 0 spiro atoms. The molecular weight excluding hydrogens is 389 g/mol. The maximum absolute atomic E-state index is 12.9. The molecule has 0 aliphatic heterocycles. The van der Waals surface area contributed by atoms with E-state index in [1.807, 2.05) is 24.3 Å². The molecule has 142 valence electrons. The summed E-state index contributed by atoms with van der Waals surface area (Å²) >= 11 is 1.46. The van der Waals surface area contributed by atoms with Gasteiger partial charge in [0.1, 0.15) is 0 Å². The molecule has 0 radical (unpaired) electrons. The first-order chi connectivity index (χ1) is 13.3. The summed E-state index contributed by atoms with van der Waals surface area (Å²) in [6.45, 7) is 0. The molecule has 0 fully saturated rings. The summed E-state index contributed by atoms with van der Waals surface area (Å²) in [5.74, 6) is -1.06. The van der Waals surface area contributed by atoms with Crippen LogP contribution in [0.5, 0.6) is 0 Å². The second kappa shape index (κ2) is 6.79. The number of carboxylic acid groups (broad SMARTS) is 1. The van der Waals surface area contributed by atoms with Crippen LogP contribution in [0.3, 0.4) is 0 Å². The zero-order chi connectivity index (χ0) is 19.9. The van der Waals surface area contributed by atoms with Crippen molar-refractivity contribution in [3.05, 3.63) is 82.5 Å². The van der Waals surface area contributed by atoms with Crippen molar-refractivity contribution < 1.29 is 23.1 Å². The van der Waals surface area contributed by atoms with Crippen LogP contribution >= 0.6 is 11.3 Å². The zero-order valence-electron chi connectivity index (χ0n) is 14.3. The Hall–Kier alpha value is -3.13. The molecule has 0 atom stereocenters. The average molecular weight is 402 g/mol. The fourth-order valence-corrected chi connectivity index (χ4v) is 4.19. The Balaban J connectivity index is 1.70. The quantitative estimate of drug-likeness (QED) is 0.498. The molecule has 2 heterocycles. The van der Waals surface area contributed by atoms with Crippen LogP contribution in [0.4, 0.5) is 13.2 Å². The lowest BCUT2D eigenvalue weighted by molar-refractivity contribution is -0.137. The highest BCUT2D eigenvalue weighted by Crippen LogP contribution is 2.34. The first-order valence-corrected chi connectivity index (χ1v) is 9.09. The normalized spacial score (nSPS) is 11.8. The van der Waals surface area contributed by atoms with Crippen molar-refractivity contribution in [1.29, 1.82) is 0 Å². The first kappa shape index (κ1) is 18.2. The Morgan fingerprint density at radius 1 is 1.14 bits per heavy atom. The van der Waals surface area contributed by atoms with E-state index in [-0.39, 0.29) is 5.56 Å². The summed E-state index contributed by atoms with van der Waals surface area (Å²) in [6.07, 6.45) is -1.28. The predicted octanol–water partition coefficient (Wildman–Crippen LogP) is 5.39. The Labute approximate surface area is 161 Å². The maximum Gasteiger partial charge on any atom is 0.416 e. The van der Waals surface area contributed by atoms with Gasteiger partial charge in [-0.25, -0.2) is 9.48 Å². The lowest BCUT2D eigenvalue weighted by Gasteiger charge is -2.08. The molecule has 4 aromatic rings. The lowest BCUT2D eigenvalue weighted by Crippen LogP contribution is -2.05. The number of thiophene rings is 1. The molecule has 0 saturated carbocycles. The monoisotopic (exact) mass is 402 g/mol. The van der Waals surface area contributed by atoms with Crippen molar-refractivity contribution >= 4 is 27.4 Å². The van der Waals surface area contributed by atoms with Crippen molar-refractivity contribution in [2.24, 2.45) is 0 Å². The molecule has 4 nitrogen and oxygen atoms in total. The largest absolute Gasteiger partial charge is 0.478 e. The zero-order valence-corrected chi connectivity index (χ0v) is 15.1. The van der Waals surface area contributed by atoms with Gasteiger partial charge in [-0.2, -0.15) is 18.3 Å². The van der Waals surface area contributed by atoms with Crippen LogP contribution in [0.2, 0.25) is 0 Å². The Morgan fingerprint density at radius 2 is 1.93 bits per heavy atom. The minimum Gasteiger partial charge on any atom is -0.478 e. The smallest absolute Gasteiger partial charge is 0.416 e. The van der Waals surface area contributed by atoms with E-state index in [9.17, 15) is 18.0 Å². The molecule has 4 rings (SSSR count). The van der Waals surface area contributed by atoms with Crippen molar-refractivity contribution in [2.75, 3.05) is 0 Å². The van der Waals surface area contributed by atoms with E-state index < -0.39 is 17.7 Å². The summed E-state index contributed by atoms with van der Waals surface area (Å²) in [4.78, 5) is 12.0. The highest BCUT2D eigenvalue weighted by molar-refractivity contribution is 7.19. The second-order valence-corrected chi connectivity index (χ2v) is 7.40. The number of benzene rings is 2. The summed E-state index contributed by atoms with van der Waals surface area (Å²) in [6, 6.07) is 12.8. The van der Waals surface area contributed by atoms with E-state index in [1.54, 1.807) is 6.07 Å². The van der Waals surface area contributed by atoms with Gasteiger partial charge in [0.2, 0.25) is 0 Å². The molecule has 0 unspecified atom stereocenters. The third-order valence-electron chi connectivity index (χ3n) is 4.28. The van der Waals surface area contributed by atoms with E-state index in [2.05, 4.69) is 5.10 Å². The number of hydrogen-bond acceptors (Lipinski definition) is 3. The van der Waals surface area contributed by atoms with Gasteiger partial charge in [0.15, 0.2) is 0 Å². The number of carboxylic acids is 1. The van der Waals surface area contributed by atoms with Crippen molar-refractivity contribution in [1.82, 2.24) is 9.78 Å². The summed E-state index contributed by atoms with van der Waals surface area (Å²) in [5, 5.41) is 14.1. The highest BCUT2D eigenvalue weighted by atomic mass is 32.1. The standard InChI is InChI=1S/C20H13F3N2O2S/c21-20(22,23)15-5-1-3-12(7-15)8-16-9-13-4-2-6-17(18(13)28-16)25-11-14(10-24-25)19(26)27/h1-7,9-11H,8H2,(H,26,27). The minimum atomic E-state index is -4.37. The van der Waals surface area contributed by atoms with E-state index in [1.165, 1.54) is 34.5 Å². The molecule has 1 N–H and O–H groups in total. The number of aromatic nitrogens is 2. The molecule has 8 heteroatoms. The van der Waals surface area contributed by atoms with E-state index in [0.29, 0.717) is 12.0 Å². The molecule has 28 heavy (non-hydrogen) atoms. The number of alkyl halides is 3. The molecule has 0 saturated heterocycles. The van der Waals surface area contributed by atoms with E-state index in [0.717, 1.165) is 32.8 Å². The van der Waals surface area contributed by atoms with Crippen molar-refractivity contribution in [2.45, 2.75) is 12.6 Å². The molecule has 0 amide bonds. The topological polar surface area (TPSA) is 55.1 Å². The second-order valence-electron chi connectivity index (χ2n) is 6.26. The van der Waals surface area contributed by atoms with Gasteiger partial charge in [0, 0.05) is 17.5 Å². The van der Waals surface area contributed by atoms with Crippen molar-refractivity contribution in [3.8, 4) is 5.69 Å². The van der Waals surface area contributed by atoms with Gasteiger partial charge in [0.05, 0.1) is 27.7 Å². The third-order valence-corrected chi connectivity index (χ3v) is 5.46. The molecular formula is C20H13F3N2O2S. The van der Waals surface area contributed by atoms with Crippen LogP contribution < -0.4 is 0 Å². The van der Waals surface area contributed by atoms with Crippen molar-refractivity contribution in [3.63, 3.8) is 0 Å². The van der Waals surface area contributed by atoms with E-state index in [4.69, 9.17) is 5.11 Å². The van der Waals surface area contributed by atoms with Crippen LogP contribution in [-0.2, 0) is 12.6 Å². The third kappa shape index (κ3) is 3.50. The first-order valence-electron chi connectivity index (χ1n) is 8.27. The van der Waals surface area contributed by atoms with Gasteiger partial charge in [-0.3, -0.25) is 0 Å². The number of fused-ring (bicyclic) bond motifs is 1. The Bertz CT molecular complexity index is 1180. The van der Waals surface area contributed by atoms with Gasteiger partial charge in [0.25, 0.3) is 0 Å². The van der Waals surface area contributed by atoms with Crippen LogP contribution in [0.25, 0.3) is 15.8 Å². The number of aromatic carboxylic acids is 1. The summed E-state index contributed by atoms with van der Waals surface area (Å²) in [7, 11) is 0. The summed E-state index contributed by atoms with van der Waals surface area (Å²) in [5.41, 5.74) is 0.725. The number of hydrogen-bond donors (Lipinski definition) is 1. The lowest BCUT2D eigenvalue weighted by atomic mass is 10.1. The highest BCUT2D eigenvalue weighted by Gasteiger charge is 2.30. The van der Waals surface area contributed by atoms with E-state index >= 15 is 0 Å². The number of halogens is 3. The molecule has 2 aromatic heterocycles. The maximum atomic E-state index is 12.9. The number of rotatable bonds is 4. The Morgan fingerprint density at radius 3 is 2.64 bits per heavy atom. The molecule has 2 aromatic carbocycles. The van der Waals surface area contributed by atoms with Crippen LogP contribution in [-0.4, -0.2) is 20.9 Å². The number of nitrogens with zero attached hydrogens (tertiary/aromatic N) is 2. The fourth-order valence-electron chi connectivity index (χ4n) is 2.99. The van der Waals surface area contributed by atoms with Gasteiger partial charge in [-0.1, -0.05) is 30.3 Å². The Kier molecular flexibility index (Phi) is 4.43. The molecule has 0 aliphatic carbocycles. The van der Waals surface area contributed by atoms with Crippen LogP contribution in [0.15, 0.2) is 60.9 Å². The fraction of sp³-hybridized carbons (Fsp3) is 0.100. The minimum absolute atomic E-state index is 0.0812. The van der Waals surface area contributed by atoms with Crippen LogP contribution in [0, 0.1) is 0 Å². The van der Waals surface area contributed by atoms with Crippen LogP contribution in [0.1, 0.15) is 26.4 Å². The molecule has 0 aliphatic rings. The summed E-state index contributed by atoms with van der Waals surface area (Å²) < 4.78 is 41.2. The van der Waals surface area contributed by atoms with Gasteiger partial charge < -0.3 is 5.11 Å². The van der Waals surface area contributed by atoms with Gasteiger partial charge in [-0.15, -0.1) is 11.3 Å². The average Bonchev–Trinajstić information content (AvgIpc) is 3.27. The van der Waals surface area contributed by atoms with Gasteiger partial charge >= 0.3 is 12.1 Å². The SMILES string of the molecule is O=C(O)c1cnn(-c2cccc3cc(Cc4cccc(C(F)(F)F)c4)sc23)c1. The molecule has 0 bridgehead atoms.